The van der Waals surface area contributed by atoms with Gasteiger partial charge in [0, 0.05) is 17.7 Å². The highest BCUT2D eigenvalue weighted by Gasteiger charge is 2.21. The highest BCUT2D eigenvalue weighted by Crippen LogP contribution is 2.21. The van der Waals surface area contributed by atoms with Crippen LogP contribution in [0, 0.1) is 0 Å². The first-order chi connectivity index (χ1) is 11.6. The summed E-state index contributed by atoms with van der Waals surface area (Å²) in [5.41, 5.74) is -0.0721. The van der Waals surface area contributed by atoms with E-state index < -0.39 is 17.6 Å². The van der Waals surface area contributed by atoms with Gasteiger partial charge < -0.3 is 19.2 Å². The maximum atomic E-state index is 11.9. The third-order valence-corrected chi connectivity index (χ3v) is 3.01. The number of benzene rings is 1. The third kappa shape index (κ3) is 4.01. The standard InChI is InChI=1S/C17H17NO6/c1-3-22-16(20)12(17(21)23-4-2)10-18-13-9-15(19)24-14-8-6-5-7-11(13)14/h5-10,18H,3-4H2,1-2H3. The van der Waals surface area contributed by atoms with Crippen molar-refractivity contribution in [2.45, 2.75) is 13.8 Å². The van der Waals surface area contributed by atoms with Crippen molar-refractivity contribution < 1.29 is 23.5 Å². The van der Waals surface area contributed by atoms with Crippen LogP contribution in [0.15, 0.2) is 51.3 Å². The van der Waals surface area contributed by atoms with E-state index in [0.29, 0.717) is 16.7 Å². The summed E-state index contributed by atoms with van der Waals surface area (Å²) in [5.74, 6) is -1.62. The van der Waals surface area contributed by atoms with Crippen molar-refractivity contribution in [3.05, 3.63) is 52.5 Å². The first-order valence-corrected chi connectivity index (χ1v) is 7.40. The Morgan fingerprint density at radius 3 is 2.38 bits per heavy atom. The molecule has 1 heterocycles. The van der Waals surface area contributed by atoms with Gasteiger partial charge in [0.05, 0.1) is 18.9 Å². The van der Waals surface area contributed by atoms with Gasteiger partial charge >= 0.3 is 17.6 Å². The predicted molar refractivity (Wildman–Crippen MR) is 87.5 cm³/mol. The summed E-state index contributed by atoms with van der Waals surface area (Å²) in [7, 11) is 0. The van der Waals surface area contributed by atoms with Gasteiger partial charge in [0.15, 0.2) is 5.57 Å². The molecule has 0 aliphatic carbocycles. The SMILES string of the molecule is CCOC(=O)C(=CNc1cc(=O)oc2ccccc12)C(=O)OCC. The number of hydrogen-bond acceptors (Lipinski definition) is 7. The Morgan fingerprint density at radius 1 is 1.12 bits per heavy atom. The van der Waals surface area contributed by atoms with Crippen LogP contribution in [0.4, 0.5) is 5.69 Å². The normalized spacial score (nSPS) is 10.1. The van der Waals surface area contributed by atoms with Crippen LogP contribution in [0.3, 0.4) is 0 Å². The van der Waals surface area contributed by atoms with Crippen molar-refractivity contribution in [3.8, 4) is 0 Å². The Hall–Kier alpha value is -3.09. The molecule has 1 aromatic heterocycles. The number of hydrogen-bond donors (Lipinski definition) is 1. The van der Waals surface area contributed by atoms with Crippen LogP contribution < -0.4 is 10.9 Å². The number of para-hydroxylation sites is 1. The minimum Gasteiger partial charge on any atom is -0.462 e. The molecule has 2 rings (SSSR count). The van der Waals surface area contributed by atoms with E-state index in [0.717, 1.165) is 6.20 Å². The molecular formula is C17H17NO6. The molecule has 1 aromatic carbocycles. The molecule has 2 aromatic rings. The number of carbonyl (C=O) groups is 2. The molecule has 0 unspecified atom stereocenters. The number of carbonyl (C=O) groups excluding carboxylic acids is 2. The molecule has 0 saturated carbocycles. The monoisotopic (exact) mass is 331 g/mol. The molecule has 1 N–H and O–H groups in total. The van der Waals surface area contributed by atoms with Crippen LogP contribution in [0.2, 0.25) is 0 Å². The first kappa shape index (κ1) is 17.3. The van der Waals surface area contributed by atoms with Gasteiger partial charge in [-0.1, -0.05) is 12.1 Å². The highest BCUT2D eigenvalue weighted by molar-refractivity contribution is 6.14. The third-order valence-electron chi connectivity index (χ3n) is 3.01. The van der Waals surface area contributed by atoms with Crippen molar-refractivity contribution >= 4 is 28.6 Å². The number of anilines is 1. The van der Waals surface area contributed by atoms with E-state index in [-0.39, 0.29) is 18.8 Å². The fourth-order valence-corrected chi connectivity index (χ4v) is 2.00. The maximum absolute atomic E-state index is 11.9. The molecule has 0 fully saturated rings. The van der Waals surface area contributed by atoms with E-state index in [1.54, 1.807) is 38.1 Å². The molecule has 0 bridgehead atoms. The Morgan fingerprint density at radius 2 is 1.75 bits per heavy atom. The molecule has 0 radical (unpaired) electrons. The van der Waals surface area contributed by atoms with Gasteiger partial charge in [0.1, 0.15) is 5.58 Å². The number of esters is 2. The number of fused-ring (bicyclic) bond motifs is 1. The van der Waals surface area contributed by atoms with E-state index in [4.69, 9.17) is 13.9 Å². The van der Waals surface area contributed by atoms with Gasteiger partial charge in [-0.15, -0.1) is 0 Å². The number of ether oxygens (including phenoxy) is 2. The summed E-state index contributed by atoms with van der Waals surface area (Å²) in [6, 6.07) is 8.11. The van der Waals surface area contributed by atoms with E-state index in [1.165, 1.54) is 6.07 Å². The summed E-state index contributed by atoms with van der Waals surface area (Å²) in [5, 5.41) is 3.41. The fourth-order valence-electron chi connectivity index (χ4n) is 2.00. The zero-order valence-electron chi connectivity index (χ0n) is 13.3. The lowest BCUT2D eigenvalue weighted by Crippen LogP contribution is -2.19. The molecule has 7 heteroatoms. The van der Waals surface area contributed by atoms with E-state index in [2.05, 4.69) is 5.32 Å². The van der Waals surface area contributed by atoms with E-state index >= 15 is 0 Å². The van der Waals surface area contributed by atoms with Gasteiger partial charge in [-0.3, -0.25) is 0 Å². The van der Waals surface area contributed by atoms with Crippen molar-refractivity contribution in [3.63, 3.8) is 0 Å². The van der Waals surface area contributed by atoms with E-state index in [9.17, 15) is 14.4 Å². The molecule has 24 heavy (non-hydrogen) atoms. The Balaban J connectivity index is 2.39. The van der Waals surface area contributed by atoms with Crippen LogP contribution >= 0.6 is 0 Å². The summed E-state index contributed by atoms with van der Waals surface area (Å²) in [6.07, 6.45) is 1.16. The smallest absolute Gasteiger partial charge is 0.347 e. The second-order valence-corrected chi connectivity index (χ2v) is 4.62. The largest absolute Gasteiger partial charge is 0.462 e. The predicted octanol–water partition coefficient (Wildman–Crippen LogP) is 2.21. The molecule has 0 saturated heterocycles. The van der Waals surface area contributed by atoms with Crippen LogP contribution in [0.1, 0.15) is 13.8 Å². The molecule has 0 amide bonds. The average molecular weight is 331 g/mol. The second-order valence-electron chi connectivity index (χ2n) is 4.62. The van der Waals surface area contributed by atoms with Gasteiger partial charge in [-0.2, -0.15) is 0 Å². The van der Waals surface area contributed by atoms with Crippen molar-refractivity contribution in [1.29, 1.82) is 0 Å². The van der Waals surface area contributed by atoms with Crippen molar-refractivity contribution in [2.24, 2.45) is 0 Å². The van der Waals surface area contributed by atoms with Crippen LogP contribution in [-0.4, -0.2) is 25.2 Å². The van der Waals surface area contributed by atoms with Gasteiger partial charge in [-0.25, -0.2) is 14.4 Å². The Labute approximate surface area is 137 Å². The maximum Gasteiger partial charge on any atom is 0.347 e. The zero-order chi connectivity index (χ0) is 17.5. The summed E-state index contributed by atoms with van der Waals surface area (Å²) < 4.78 is 14.8. The second kappa shape index (κ2) is 7.96. The zero-order valence-corrected chi connectivity index (χ0v) is 13.3. The molecule has 0 atom stereocenters. The van der Waals surface area contributed by atoms with Crippen LogP contribution in [0.5, 0.6) is 0 Å². The molecule has 7 nitrogen and oxygen atoms in total. The number of rotatable bonds is 6. The lowest BCUT2D eigenvalue weighted by atomic mass is 10.2. The molecule has 126 valence electrons. The van der Waals surface area contributed by atoms with Crippen LogP contribution in [-0.2, 0) is 19.1 Å². The lowest BCUT2D eigenvalue weighted by molar-refractivity contribution is -0.146. The summed E-state index contributed by atoms with van der Waals surface area (Å²) in [6.45, 7) is 3.49. The van der Waals surface area contributed by atoms with E-state index in [1.807, 2.05) is 0 Å². The lowest BCUT2D eigenvalue weighted by Gasteiger charge is -2.08. The first-order valence-electron chi connectivity index (χ1n) is 7.40. The molecule has 0 aliphatic rings. The molecule has 0 spiro atoms. The highest BCUT2D eigenvalue weighted by atomic mass is 16.6. The quantitative estimate of drug-likeness (QED) is 0.285. The minimum absolute atomic E-state index is 0.118. The topological polar surface area (TPSA) is 94.8 Å². The van der Waals surface area contributed by atoms with Gasteiger partial charge in [-0.05, 0) is 26.0 Å². The summed E-state index contributed by atoms with van der Waals surface area (Å²) >= 11 is 0. The summed E-state index contributed by atoms with van der Waals surface area (Å²) in [4.78, 5) is 35.4. The Kier molecular flexibility index (Phi) is 5.73. The van der Waals surface area contributed by atoms with Gasteiger partial charge in [0.25, 0.3) is 0 Å². The molecular weight excluding hydrogens is 314 g/mol. The van der Waals surface area contributed by atoms with Crippen molar-refractivity contribution in [1.82, 2.24) is 0 Å². The molecule has 0 aliphatic heterocycles. The van der Waals surface area contributed by atoms with Crippen molar-refractivity contribution in [2.75, 3.05) is 18.5 Å². The van der Waals surface area contributed by atoms with Crippen LogP contribution in [0.25, 0.3) is 11.0 Å². The average Bonchev–Trinajstić information content (AvgIpc) is 2.55. The Bertz CT molecular complexity index is 816. The number of nitrogens with one attached hydrogen (secondary N) is 1. The van der Waals surface area contributed by atoms with Gasteiger partial charge in [0.2, 0.25) is 0 Å². The fraction of sp³-hybridized carbons (Fsp3) is 0.235. The minimum atomic E-state index is -0.810.